The second kappa shape index (κ2) is 8.40. The predicted molar refractivity (Wildman–Crippen MR) is 106 cm³/mol. The number of benzene rings is 1. The molecule has 1 aromatic rings. The van der Waals surface area contributed by atoms with Crippen LogP contribution in [0.4, 0.5) is 0 Å². The van der Waals surface area contributed by atoms with E-state index in [-0.39, 0.29) is 0 Å². The van der Waals surface area contributed by atoms with Gasteiger partial charge in [-0.25, -0.2) is 0 Å². The number of allylic oxidation sites excluding steroid dienone is 1. The molecular weight excluding hydrogens is 306 g/mol. The molecule has 1 aliphatic heterocycles. The van der Waals surface area contributed by atoms with Crippen molar-refractivity contribution >= 4 is 0 Å². The molecule has 2 nitrogen and oxygen atoms in total. The Morgan fingerprint density at radius 2 is 2.16 bits per heavy atom. The zero-order valence-corrected chi connectivity index (χ0v) is 16.3. The normalized spacial score (nSPS) is 28.7. The monoisotopic (exact) mass is 341 g/mol. The number of methoxy groups -OCH3 is 1. The molecule has 2 fully saturated rings. The highest BCUT2D eigenvalue weighted by Gasteiger charge is 2.45. The van der Waals surface area contributed by atoms with Crippen LogP contribution in [0.5, 0.6) is 5.75 Å². The molecule has 0 radical (unpaired) electrons. The minimum absolute atomic E-state index is 0.381. The SMILES string of the molecule is CC/C=C/C(C)CN1CCCC2(c3cccc(OC)c3)CCCC2C1. The van der Waals surface area contributed by atoms with Gasteiger partial charge in [-0.1, -0.05) is 44.6 Å². The number of fused-ring (bicyclic) bond motifs is 1. The third-order valence-corrected chi connectivity index (χ3v) is 6.42. The summed E-state index contributed by atoms with van der Waals surface area (Å²) in [7, 11) is 1.78. The maximum atomic E-state index is 5.52. The van der Waals surface area contributed by atoms with Gasteiger partial charge in [0.2, 0.25) is 0 Å². The molecule has 0 aromatic heterocycles. The van der Waals surface area contributed by atoms with Crippen LogP contribution in [0.25, 0.3) is 0 Å². The van der Waals surface area contributed by atoms with Gasteiger partial charge in [-0.05, 0) is 73.6 Å². The Morgan fingerprint density at radius 1 is 1.32 bits per heavy atom. The molecule has 3 atom stereocenters. The minimum atomic E-state index is 0.381. The molecule has 1 heterocycles. The van der Waals surface area contributed by atoms with Crippen molar-refractivity contribution in [3.8, 4) is 5.75 Å². The molecule has 1 saturated heterocycles. The van der Waals surface area contributed by atoms with Crippen LogP contribution >= 0.6 is 0 Å². The van der Waals surface area contributed by atoms with Crippen molar-refractivity contribution < 1.29 is 4.74 Å². The maximum absolute atomic E-state index is 5.52. The number of hydrogen-bond acceptors (Lipinski definition) is 2. The van der Waals surface area contributed by atoms with Crippen LogP contribution in [0, 0.1) is 11.8 Å². The lowest BCUT2D eigenvalue weighted by Gasteiger charge is -2.36. The van der Waals surface area contributed by atoms with E-state index < -0.39 is 0 Å². The summed E-state index contributed by atoms with van der Waals surface area (Å²) >= 11 is 0. The number of rotatable bonds is 6. The Kier molecular flexibility index (Phi) is 6.22. The molecule has 1 saturated carbocycles. The quantitative estimate of drug-likeness (QED) is 0.640. The van der Waals surface area contributed by atoms with Crippen molar-refractivity contribution in [3.63, 3.8) is 0 Å². The zero-order valence-electron chi connectivity index (χ0n) is 16.3. The molecule has 3 rings (SSSR count). The van der Waals surface area contributed by atoms with Gasteiger partial charge in [-0.3, -0.25) is 0 Å². The lowest BCUT2D eigenvalue weighted by molar-refractivity contribution is 0.209. The Morgan fingerprint density at radius 3 is 2.96 bits per heavy atom. The molecule has 1 aliphatic carbocycles. The molecule has 0 spiro atoms. The minimum Gasteiger partial charge on any atom is -0.497 e. The fraction of sp³-hybridized carbons (Fsp3) is 0.652. The Bertz CT molecular complexity index is 581. The van der Waals surface area contributed by atoms with E-state index in [1.807, 2.05) is 0 Å². The Hall–Kier alpha value is -1.28. The number of hydrogen-bond donors (Lipinski definition) is 0. The van der Waals surface area contributed by atoms with Crippen LogP contribution in [0.1, 0.15) is 57.9 Å². The van der Waals surface area contributed by atoms with Gasteiger partial charge in [0.1, 0.15) is 5.75 Å². The van der Waals surface area contributed by atoms with Crippen LogP contribution in [0.15, 0.2) is 36.4 Å². The second-order valence-electron chi connectivity index (χ2n) is 8.15. The summed E-state index contributed by atoms with van der Waals surface area (Å²) in [5, 5.41) is 0. The Balaban J connectivity index is 1.76. The van der Waals surface area contributed by atoms with Crippen LogP contribution in [-0.2, 0) is 5.41 Å². The van der Waals surface area contributed by atoms with Gasteiger partial charge in [-0.2, -0.15) is 0 Å². The topological polar surface area (TPSA) is 12.5 Å². The molecule has 2 heteroatoms. The third kappa shape index (κ3) is 4.11. The molecule has 0 N–H and O–H groups in total. The van der Waals surface area contributed by atoms with E-state index in [1.165, 1.54) is 57.3 Å². The number of nitrogens with zero attached hydrogens (tertiary/aromatic N) is 1. The van der Waals surface area contributed by atoms with Gasteiger partial charge in [0.05, 0.1) is 7.11 Å². The van der Waals surface area contributed by atoms with Gasteiger partial charge >= 0.3 is 0 Å². The van der Waals surface area contributed by atoms with Crippen molar-refractivity contribution in [1.29, 1.82) is 0 Å². The first kappa shape index (κ1) is 18.5. The van der Waals surface area contributed by atoms with E-state index in [9.17, 15) is 0 Å². The highest BCUT2D eigenvalue weighted by atomic mass is 16.5. The summed E-state index contributed by atoms with van der Waals surface area (Å²) < 4.78 is 5.52. The summed E-state index contributed by atoms with van der Waals surface area (Å²) in [4.78, 5) is 2.74. The van der Waals surface area contributed by atoms with Gasteiger partial charge in [0, 0.05) is 13.1 Å². The molecule has 0 amide bonds. The molecule has 0 bridgehead atoms. The summed E-state index contributed by atoms with van der Waals surface area (Å²) in [5.74, 6) is 2.46. The number of ether oxygens (including phenoxy) is 1. The molecular formula is C23H35NO. The smallest absolute Gasteiger partial charge is 0.119 e. The van der Waals surface area contributed by atoms with Crippen molar-refractivity contribution in [2.75, 3.05) is 26.7 Å². The lowest BCUT2D eigenvalue weighted by Crippen LogP contribution is -2.37. The van der Waals surface area contributed by atoms with Gasteiger partial charge in [-0.15, -0.1) is 0 Å². The van der Waals surface area contributed by atoms with Crippen LogP contribution in [-0.4, -0.2) is 31.6 Å². The van der Waals surface area contributed by atoms with E-state index >= 15 is 0 Å². The van der Waals surface area contributed by atoms with Crippen LogP contribution < -0.4 is 4.74 Å². The fourth-order valence-corrected chi connectivity index (χ4v) is 5.22. The number of likely N-dealkylation sites (tertiary alicyclic amines) is 1. The molecule has 138 valence electrons. The largest absolute Gasteiger partial charge is 0.497 e. The summed E-state index contributed by atoms with van der Waals surface area (Å²) in [6, 6.07) is 8.91. The second-order valence-corrected chi connectivity index (χ2v) is 8.15. The summed E-state index contributed by atoms with van der Waals surface area (Å²) in [5.41, 5.74) is 1.90. The maximum Gasteiger partial charge on any atom is 0.119 e. The first-order valence-electron chi connectivity index (χ1n) is 10.2. The van der Waals surface area contributed by atoms with Crippen molar-refractivity contribution in [2.45, 2.75) is 57.8 Å². The van der Waals surface area contributed by atoms with Gasteiger partial charge < -0.3 is 9.64 Å². The molecule has 1 aromatic carbocycles. The zero-order chi connectivity index (χ0) is 17.7. The van der Waals surface area contributed by atoms with Gasteiger partial charge in [0.25, 0.3) is 0 Å². The van der Waals surface area contributed by atoms with Gasteiger partial charge in [0.15, 0.2) is 0 Å². The lowest BCUT2D eigenvalue weighted by atomic mass is 9.69. The van der Waals surface area contributed by atoms with Crippen molar-refractivity contribution in [2.24, 2.45) is 11.8 Å². The van der Waals surface area contributed by atoms with E-state index in [0.717, 1.165) is 18.1 Å². The Labute approximate surface area is 154 Å². The first-order chi connectivity index (χ1) is 12.2. The van der Waals surface area contributed by atoms with Crippen LogP contribution in [0.3, 0.4) is 0 Å². The van der Waals surface area contributed by atoms with Crippen molar-refractivity contribution in [3.05, 3.63) is 42.0 Å². The standard InChI is InChI=1S/C23H35NO/c1-4-5-9-19(2)17-24-15-8-14-23(13-7-11-21(23)18-24)20-10-6-12-22(16-20)25-3/h5-6,9-10,12,16,19,21H,4,7-8,11,13-15,17-18H2,1-3H3/b9-5+. The van der Waals surface area contributed by atoms with E-state index in [1.54, 1.807) is 7.11 Å². The van der Waals surface area contributed by atoms with E-state index in [2.05, 4.69) is 55.2 Å². The third-order valence-electron chi connectivity index (χ3n) is 6.42. The highest BCUT2D eigenvalue weighted by molar-refractivity contribution is 5.36. The fourth-order valence-electron chi connectivity index (χ4n) is 5.22. The predicted octanol–water partition coefficient (Wildman–Crippen LogP) is 5.43. The van der Waals surface area contributed by atoms with Crippen molar-refractivity contribution in [1.82, 2.24) is 4.90 Å². The average molecular weight is 342 g/mol. The molecule has 3 unspecified atom stereocenters. The molecule has 2 aliphatic rings. The first-order valence-corrected chi connectivity index (χ1v) is 10.2. The highest BCUT2D eigenvalue weighted by Crippen LogP contribution is 2.51. The van der Waals surface area contributed by atoms with E-state index in [0.29, 0.717) is 11.3 Å². The molecule has 25 heavy (non-hydrogen) atoms. The average Bonchev–Trinajstić information content (AvgIpc) is 2.95. The van der Waals surface area contributed by atoms with Crippen LogP contribution in [0.2, 0.25) is 0 Å². The summed E-state index contributed by atoms with van der Waals surface area (Å²) in [6.45, 7) is 8.31. The van der Waals surface area contributed by atoms with E-state index in [4.69, 9.17) is 4.74 Å². The summed E-state index contributed by atoms with van der Waals surface area (Å²) in [6.07, 6.45) is 12.6.